The van der Waals surface area contributed by atoms with Crippen molar-refractivity contribution in [1.29, 1.82) is 0 Å². The lowest BCUT2D eigenvalue weighted by Gasteiger charge is -2.23. The van der Waals surface area contributed by atoms with E-state index in [-0.39, 0.29) is 11.3 Å². The van der Waals surface area contributed by atoms with Crippen LogP contribution in [0, 0.1) is 0 Å². The Morgan fingerprint density at radius 2 is 1.70 bits per heavy atom. The molecule has 1 fully saturated rings. The number of thiazole rings is 1. The molecule has 1 saturated heterocycles. The summed E-state index contributed by atoms with van der Waals surface area (Å²) in [6.07, 6.45) is 0.877. The van der Waals surface area contributed by atoms with Crippen molar-refractivity contribution in [3.05, 3.63) is 89.0 Å². The third kappa shape index (κ3) is 4.44. The second kappa shape index (κ2) is 10.1. The summed E-state index contributed by atoms with van der Waals surface area (Å²) in [6.45, 7) is 4.49. The molecule has 1 amide bonds. The number of aliphatic hydroxyl groups excluding tert-OH is 1. The van der Waals surface area contributed by atoms with Crippen LogP contribution >= 0.6 is 11.3 Å². The number of amides is 1. The Balaban J connectivity index is 1.67. The average Bonchev–Trinajstić information content (AvgIpc) is 3.46. The van der Waals surface area contributed by atoms with E-state index in [4.69, 9.17) is 14.5 Å². The molecule has 7 nitrogen and oxygen atoms in total. The first-order chi connectivity index (χ1) is 17.9. The fourth-order valence-corrected chi connectivity index (χ4v) is 5.50. The highest BCUT2D eigenvalue weighted by molar-refractivity contribution is 7.22. The first-order valence-corrected chi connectivity index (χ1v) is 12.8. The van der Waals surface area contributed by atoms with Gasteiger partial charge in [0.2, 0.25) is 0 Å². The fourth-order valence-electron chi connectivity index (χ4n) is 4.44. The molecule has 3 aromatic carbocycles. The average molecular weight is 515 g/mol. The number of benzene rings is 3. The van der Waals surface area contributed by atoms with E-state index in [1.807, 2.05) is 19.1 Å². The number of hydrogen-bond acceptors (Lipinski definition) is 7. The third-order valence-corrected chi connectivity index (χ3v) is 7.39. The fraction of sp³-hybridized carbons (Fsp3) is 0.207. The van der Waals surface area contributed by atoms with E-state index >= 15 is 0 Å². The summed E-state index contributed by atoms with van der Waals surface area (Å²) < 4.78 is 11.7. The molecule has 1 aliphatic heterocycles. The van der Waals surface area contributed by atoms with Crippen LogP contribution in [-0.4, -0.2) is 35.5 Å². The zero-order valence-electron chi connectivity index (χ0n) is 20.7. The molecule has 1 atom stereocenters. The number of carbonyl (C=O) groups is 2. The summed E-state index contributed by atoms with van der Waals surface area (Å²) in [5, 5.41) is 11.7. The largest absolute Gasteiger partial charge is 0.507 e. The lowest BCUT2D eigenvalue weighted by molar-refractivity contribution is -0.132. The topological polar surface area (TPSA) is 89.0 Å². The van der Waals surface area contributed by atoms with E-state index in [1.54, 1.807) is 55.6 Å². The number of hydrogen-bond donors (Lipinski definition) is 1. The Kier molecular flexibility index (Phi) is 6.67. The van der Waals surface area contributed by atoms with Crippen molar-refractivity contribution in [2.24, 2.45) is 0 Å². The van der Waals surface area contributed by atoms with Crippen molar-refractivity contribution < 1.29 is 24.2 Å². The van der Waals surface area contributed by atoms with Gasteiger partial charge < -0.3 is 14.6 Å². The van der Waals surface area contributed by atoms with Crippen LogP contribution < -0.4 is 14.4 Å². The molecule has 5 rings (SSSR count). The van der Waals surface area contributed by atoms with Gasteiger partial charge in [-0.2, -0.15) is 0 Å². The molecule has 37 heavy (non-hydrogen) atoms. The molecule has 188 valence electrons. The summed E-state index contributed by atoms with van der Waals surface area (Å²) in [4.78, 5) is 33.0. The molecular weight excluding hydrogens is 488 g/mol. The zero-order valence-corrected chi connectivity index (χ0v) is 21.5. The number of nitrogens with zero attached hydrogens (tertiary/aromatic N) is 2. The van der Waals surface area contributed by atoms with Gasteiger partial charge >= 0.3 is 5.91 Å². The number of fused-ring (bicyclic) bond motifs is 1. The SMILES string of the molecule is CCOc1ccc([C@@H]2C(=C(O)c3ccc(OC)cc3)C(=O)C(=O)N2c2nc3ccc(CC)cc3s2)cc1. The van der Waals surface area contributed by atoms with E-state index in [0.29, 0.717) is 34.4 Å². The molecule has 0 radical (unpaired) electrons. The summed E-state index contributed by atoms with van der Waals surface area (Å²) >= 11 is 1.35. The van der Waals surface area contributed by atoms with E-state index in [1.165, 1.54) is 16.2 Å². The van der Waals surface area contributed by atoms with Crippen molar-refractivity contribution >= 4 is 44.1 Å². The number of carbonyl (C=O) groups excluding carboxylic acids is 2. The van der Waals surface area contributed by atoms with Gasteiger partial charge in [-0.15, -0.1) is 0 Å². The maximum Gasteiger partial charge on any atom is 0.301 e. The predicted molar refractivity (Wildman–Crippen MR) is 144 cm³/mol. The number of ketones is 1. The predicted octanol–water partition coefficient (Wildman–Crippen LogP) is 5.89. The highest BCUT2D eigenvalue weighted by atomic mass is 32.1. The number of Topliss-reactive ketones (excluding diaryl/α,β-unsaturated/α-hetero) is 1. The highest BCUT2D eigenvalue weighted by Crippen LogP contribution is 2.44. The van der Waals surface area contributed by atoms with Gasteiger partial charge in [0, 0.05) is 5.56 Å². The van der Waals surface area contributed by atoms with Crippen LogP contribution in [0.25, 0.3) is 16.0 Å². The lowest BCUT2D eigenvalue weighted by Crippen LogP contribution is -2.29. The molecule has 1 aliphatic rings. The zero-order chi connectivity index (χ0) is 26.1. The number of rotatable bonds is 7. The molecule has 0 bridgehead atoms. The van der Waals surface area contributed by atoms with Crippen LogP contribution in [0.15, 0.2) is 72.3 Å². The molecular formula is C29H26N2O5S. The minimum atomic E-state index is -0.857. The second-order valence-corrected chi connectivity index (χ2v) is 9.56. The van der Waals surface area contributed by atoms with Crippen molar-refractivity contribution in [2.75, 3.05) is 18.6 Å². The minimum Gasteiger partial charge on any atom is -0.507 e. The standard InChI is InChI=1S/C29H26N2O5S/c1-4-17-6-15-22-23(16-17)37-29(30-22)31-25(18-7-13-21(14-8-18)36-5-2)24(27(33)28(31)34)26(32)19-9-11-20(35-3)12-10-19/h6-16,25,32H,4-5H2,1-3H3/t25-/m1/s1. The van der Waals surface area contributed by atoms with Crippen molar-refractivity contribution in [2.45, 2.75) is 26.3 Å². The first kappa shape index (κ1) is 24.5. The number of aliphatic hydroxyl groups is 1. The summed E-state index contributed by atoms with van der Waals surface area (Å²) in [5.41, 5.74) is 2.98. The van der Waals surface area contributed by atoms with E-state index < -0.39 is 17.7 Å². The normalized spacial score (nSPS) is 16.9. The van der Waals surface area contributed by atoms with Gasteiger partial charge in [-0.25, -0.2) is 4.98 Å². The third-order valence-electron chi connectivity index (χ3n) is 6.37. The van der Waals surface area contributed by atoms with Crippen molar-refractivity contribution in [1.82, 2.24) is 4.98 Å². The van der Waals surface area contributed by atoms with Crippen LogP contribution in [-0.2, 0) is 16.0 Å². The molecule has 4 aromatic rings. The smallest absolute Gasteiger partial charge is 0.301 e. The number of anilines is 1. The Hall–Kier alpha value is -4.17. The Labute approximate surface area is 218 Å². The summed E-state index contributed by atoms with van der Waals surface area (Å²) in [6, 6.07) is 19.0. The molecule has 0 aliphatic carbocycles. The van der Waals surface area contributed by atoms with Gasteiger partial charge in [0.15, 0.2) is 5.13 Å². The number of aromatic nitrogens is 1. The van der Waals surface area contributed by atoms with Crippen molar-refractivity contribution in [3.63, 3.8) is 0 Å². The molecule has 1 aromatic heterocycles. The summed E-state index contributed by atoms with van der Waals surface area (Å²) in [7, 11) is 1.55. The van der Waals surface area contributed by atoms with Crippen LogP contribution in [0.1, 0.15) is 36.6 Å². The molecule has 8 heteroatoms. The second-order valence-electron chi connectivity index (χ2n) is 8.55. The van der Waals surface area contributed by atoms with Gasteiger partial charge in [-0.05, 0) is 73.0 Å². The van der Waals surface area contributed by atoms with Crippen molar-refractivity contribution in [3.8, 4) is 11.5 Å². The molecule has 0 unspecified atom stereocenters. The van der Waals surface area contributed by atoms with Gasteiger partial charge in [-0.3, -0.25) is 14.5 Å². The maximum atomic E-state index is 13.5. The van der Waals surface area contributed by atoms with Gasteiger partial charge in [-0.1, -0.05) is 36.5 Å². The van der Waals surface area contributed by atoms with Gasteiger partial charge in [0.1, 0.15) is 17.3 Å². The lowest BCUT2D eigenvalue weighted by atomic mass is 9.95. The Morgan fingerprint density at radius 3 is 2.35 bits per heavy atom. The van der Waals surface area contributed by atoms with Crippen LogP contribution in [0.5, 0.6) is 11.5 Å². The molecule has 0 spiro atoms. The van der Waals surface area contributed by atoms with E-state index in [0.717, 1.165) is 22.2 Å². The van der Waals surface area contributed by atoms with Crippen LogP contribution in [0.4, 0.5) is 5.13 Å². The summed E-state index contributed by atoms with van der Waals surface area (Å²) in [5.74, 6) is -0.465. The molecule has 0 saturated carbocycles. The minimum absolute atomic E-state index is 0.00725. The van der Waals surface area contributed by atoms with Gasteiger partial charge in [0.05, 0.1) is 35.5 Å². The maximum absolute atomic E-state index is 13.5. The van der Waals surface area contributed by atoms with Crippen LogP contribution in [0.2, 0.25) is 0 Å². The quantitative estimate of drug-likeness (QED) is 0.188. The number of ether oxygens (including phenoxy) is 2. The highest BCUT2D eigenvalue weighted by Gasteiger charge is 2.48. The van der Waals surface area contributed by atoms with Crippen LogP contribution in [0.3, 0.4) is 0 Å². The van der Waals surface area contributed by atoms with E-state index in [9.17, 15) is 14.7 Å². The molecule has 1 N–H and O–H groups in total. The number of aryl methyl sites for hydroxylation is 1. The Morgan fingerprint density at radius 1 is 1.00 bits per heavy atom. The molecule has 2 heterocycles. The first-order valence-electron chi connectivity index (χ1n) is 12.0. The van der Waals surface area contributed by atoms with Gasteiger partial charge in [0.25, 0.3) is 5.78 Å². The van der Waals surface area contributed by atoms with E-state index in [2.05, 4.69) is 13.0 Å². The Bertz CT molecular complexity index is 1510. The monoisotopic (exact) mass is 514 g/mol. The number of methoxy groups -OCH3 is 1.